The van der Waals surface area contributed by atoms with E-state index in [0.29, 0.717) is 35.2 Å². The lowest BCUT2D eigenvalue weighted by Crippen LogP contribution is -1.97. The number of hydrogen-bond acceptors (Lipinski definition) is 5. The van der Waals surface area contributed by atoms with Gasteiger partial charge in [-0.25, -0.2) is 9.78 Å². The number of aromatic carboxylic acids is 1. The van der Waals surface area contributed by atoms with Gasteiger partial charge in [-0.3, -0.25) is 0 Å². The van der Waals surface area contributed by atoms with Crippen LogP contribution in [0.15, 0.2) is 16.6 Å². The monoisotopic (exact) mass is 385 g/mol. The van der Waals surface area contributed by atoms with Crippen molar-refractivity contribution < 1.29 is 19.4 Å². The Morgan fingerprint density at radius 2 is 2.14 bits per heavy atom. The molecule has 0 radical (unpaired) electrons. The van der Waals surface area contributed by atoms with Crippen LogP contribution in [-0.4, -0.2) is 29.8 Å². The van der Waals surface area contributed by atoms with Gasteiger partial charge in [0.1, 0.15) is 9.88 Å². The lowest BCUT2D eigenvalue weighted by Gasteiger charge is -2.12. The Bertz CT molecular complexity index is 699. The number of nitrogens with zero attached hydrogens (tertiary/aromatic N) is 1. The number of ether oxygens (including phenoxy) is 2. The summed E-state index contributed by atoms with van der Waals surface area (Å²) in [4.78, 5) is 16.0. The van der Waals surface area contributed by atoms with E-state index in [1.54, 1.807) is 7.11 Å². The number of thiazole rings is 1. The molecule has 0 aliphatic heterocycles. The number of halogens is 1. The molecule has 0 saturated heterocycles. The number of hydrogen-bond donors (Lipinski definition) is 1. The molecular weight excluding hydrogens is 370 g/mol. The average molecular weight is 386 g/mol. The van der Waals surface area contributed by atoms with Gasteiger partial charge >= 0.3 is 5.97 Å². The third-order valence-corrected chi connectivity index (χ3v) is 4.71. The number of aryl methyl sites for hydroxylation is 1. The zero-order chi connectivity index (χ0) is 16.3. The number of carboxylic acid groups (broad SMARTS) is 1. The van der Waals surface area contributed by atoms with E-state index in [0.717, 1.165) is 10.0 Å². The van der Waals surface area contributed by atoms with E-state index in [1.165, 1.54) is 11.3 Å². The maximum absolute atomic E-state index is 11.3. The molecule has 2 aromatic rings. The first-order valence-corrected chi connectivity index (χ1v) is 8.36. The van der Waals surface area contributed by atoms with Crippen LogP contribution in [0.2, 0.25) is 0 Å². The van der Waals surface area contributed by atoms with E-state index in [2.05, 4.69) is 20.9 Å². The minimum absolute atomic E-state index is 0.280. The van der Waals surface area contributed by atoms with Crippen LogP contribution in [0, 0.1) is 0 Å². The minimum atomic E-state index is -0.946. The molecule has 7 heteroatoms. The molecule has 0 aliphatic carbocycles. The summed E-state index contributed by atoms with van der Waals surface area (Å²) >= 11 is 4.62. The first-order chi connectivity index (χ1) is 10.5. The summed E-state index contributed by atoms with van der Waals surface area (Å²) in [5.41, 5.74) is 1.39. The second-order valence-electron chi connectivity index (χ2n) is 4.38. The third-order valence-electron chi connectivity index (χ3n) is 2.99. The van der Waals surface area contributed by atoms with Gasteiger partial charge < -0.3 is 14.6 Å². The van der Waals surface area contributed by atoms with Crippen LogP contribution in [0.25, 0.3) is 10.6 Å². The average Bonchev–Trinajstić information content (AvgIpc) is 2.91. The molecule has 0 aliphatic rings. The first kappa shape index (κ1) is 16.8. The van der Waals surface area contributed by atoms with Crippen molar-refractivity contribution in [1.82, 2.24) is 4.98 Å². The molecule has 0 bridgehead atoms. The van der Waals surface area contributed by atoms with Gasteiger partial charge in [-0.05, 0) is 41.4 Å². The summed E-state index contributed by atoms with van der Waals surface area (Å²) in [6, 6.07) is 3.67. The Morgan fingerprint density at radius 1 is 1.41 bits per heavy atom. The van der Waals surface area contributed by atoms with E-state index in [-0.39, 0.29) is 4.88 Å². The van der Waals surface area contributed by atoms with E-state index in [9.17, 15) is 9.90 Å². The van der Waals surface area contributed by atoms with Crippen LogP contribution in [-0.2, 0) is 6.42 Å². The minimum Gasteiger partial charge on any atom is -0.492 e. The van der Waals surface area contributed by atoms with E-state index < -0.39 is 5.97 Å². The zero-order valence-electron chi connectivity index (χ0n) is 12.5. The lowest BCUT2D eigenvalue weighted by atomic mass is 10.2. The number of aromatic nitrogens is 1. The molecule has 2 rings (SSSR count). The molecule has 5 nitrogen and oxygen atoms in total. The topological polar surface area (TPSA) is 68.7 Å². The molecule has 0 atom stereocenters. The van der Waals surface area contributed by atoms with Crippen LogP contribution in [0.4, 0.5) is 0 Å². The second kappa shape index (κ2) is 7.11. The number of rotatable bonds is 6. The Balaban J connectivity index is 2.55. The maximum Gasteiger partial charge on any atom is 0.347 e. The number of carboxylic acids is 1. The summed E-state index contributed by atoms with van der Waals surface area (Å²) < 4.78 is 11.6. The molecule has 1 aromatic heterocycles. The van der Waals surface area contributed by atoms with Crippen LogP contribution >= 0.6 is 27.3 Å². The standard InChI is InChI=1S/C15H16BrNO4S/c1-4-10-13(15(18)19)22-14(17-10)8-6-9(16)12(20-3)11(7-8)21-5-2/h6-7H,4-5H2,1-3H3,(H,18,19). The van der Waals surface area contributed by atoms with Crippen molar-refractivity contribution in [1.29, 1.82) is 0 Å². The SMILES string of the molecule is CCOc1cc(-c2nc(CC)c(C(=O)O)s2)cc(Br)c1OC. The van der Waals surface area contributed by atoms with Gasteiger partial charge in [-0.1, -0.05) is 6.92 Å². The van der Waals surface area contributed by atoms with E-state index >= 15 is 0 Å². The predicted octanol–water partition coefficient (Wildman–Crippen LogP) is 4.24. The van der Waals surface area contributed by atoms with Crippen LogP contribution in [0.3, 0.4) is 0 Å². The molecular formula is C15H16BrNO4S. The van der Waals surface area contributed by atoms with Crippen LogP contribution < -0.4 is 9.47 Å². The van der Waals surface area contributed by atoms with Gasteiger partial charge in [0.25, 0.3) is 0 Å². The van der Waals surface area contributed by atoms with Gasteiger partial charge in [-0.2, -0.15) is 0 Å². The maximum atomic E-state index is 11.3. The Kier molecular flexibility index (Phi) is 5.42. The van der Waals surface area contributed by atoms with Gasteiger partial charge in [-0.15, -0.1) is 11.3 Å². The van der Waals surface area contributed by atoms with Crippen molar-refractivity contribution in [2.24, 2.45) is 0 Å². The molecule has 1 N–H and O–H groups in total. The van der Waals surface area contributed by atoms with E-state index in [1.807, 2.05) is 26.0 Å². The number of benzene rings is 1. The molecule has 0 saturated carbocycles. The Hall–Kier alpha value is -1.60. The summed E-state index contributed by atoms with van der Waals surface area (Å²) in [7, 11) is 1.57. The van der Waals surface area contributed by atoms with E-state index in [4.69, 9.17) is 9.47 Å². The Morgan fingerprint density at radius 3 is 2.64 bits per heavy atom. The van der Waals surface area contributed by atoms with Crippen molar-refractivity contribution >= 4 is 33.2 Å². The zero-order valence-corrected chi connectivity index (χ0v) is 14.9. The molecule has 22 heavy (non-hydrogen) atoms. The normalized spacial score (nSPS) is 10.5. The van der Waals surface area contributed by atoms with Gasteiger partial charge in [0.15, 0.2) is 11.5 Å². The fourth-order valence-electron chi connectivity index (χ4n) is 2.03. The van der Waals surface area contributed by atoms with Crippen molar-refractivity contribution in [2.45, 2.75) is 20.3 Å². The molecule has 118 valence electrons. The smallest absolute Gasteiger partial charge is 0.347 e. The highest BCUT2D eigenvalue weighted by molar-refractivity contribution is 9.10. The highest BCUT2D eigenvalue weighted by atomic mass is 79.9. The highest BCUT2D eigenvalue weighted by Crippen LogP contribution is 2.41. The summed E-state index contributed by atoms with van der Waals surface area (Å²) in [6.45, 7) is 4.28. The van der Waals surface area contributed by atoms with Crippen LogP contribution in [0.1, 0.15) is 29.2 Å². The Labute approximate surface area is 141 Å². The predicted molar refractivity (Wildman–Crippen MR) is 89.3 cm³/mol. The number of carbonyl (C=O) groups is 1. The van der Waals surface area contributed by atoms with Crippen molar-refractivity contribution in [3.63, 3.8) is 0 Å². The molecule has 1 aromatic carbocycles. The molecule has 0 unspecified atom stereocenters. The summed E-state index contributed by atoms with van der Waals surface area (Å²) in [6.07, 6.45) is 0.577. The largest absolute Gasteiger partial charge is 0.492 e. The summed E-state index contributed by atoms with van der Waals surface area (Å²) in [5, 5.41) is 9.90. The van der Waals surface area contributed by atoms with Gasteiger partial charge in [0.05, 0.1) is 23.9 Å². The first-order valence-electron chi connectivity index (χ1n) is 6.75. The van der Waals surface area contributed by atoms with Gasteiger partial charge in [0.2, 0.25) is 0 Å². The lowest BCUT2D eigenvalue weighted by molar-refractivity contribution is 0.0701. The van der Waals surface area contributed by atoms with Crippen molar-refractivity contribution in [3.05, 3.63) is 27.2 Å². The number of methoxy groups -OCH3 is 1. The van der Waals surface area contributed by atoms with Crippen molar-refractivity contribution in [3.8, 4) is 22.1 Å². The third kappa shape index (κ3) is 3.25. The molecule has 0 fully saturated rings. The second-order valence-corrected chi connectivity index (χ2v) is 6.23. The fourth-order valence-corrected chi connectivity index (χ4v) is 3.62. The fraction of sp³-hybridized carbons (Fsp3) is 0.333. The molecule has 0 spiro atoms. The van der Waals surface area contributed by atoms with Crippen molar-refractivity contribution in [2.75, 3.05) is 13.7 Å². The van der Waals surface area contributed by atoms with Crippen LogP contribution in [0.5, 0.6) is 11.5 Å². The quantitative estimate of drug-likeness (QED) is 0.804. The molecule has 1 heterocycles. The highest BCUT2D eigenvalue weighted by Gasteiger charge is 2.19. The van der Waals surface area contributed by atoms with Gasteiger partial charge in [0, 0.05) is 5.56 Å². The molecule has 0 amide bonds. The summed E-state index contributed by atoms with van der Waals surface area (Å²) in [5.74, 6) is 0.258.